The normalized spacial score (nSPS) is 13.3. The lowest BCUT2D eigenvalue weighted by Crippen LogP contribution is -2.13. The lowest BCUT2D eigenvalue weighted by molar-refractivity contribution is -0.148. The molecule has 2 nitrogen and oxygen atoms in total. The highest BCUT2D eigenvalue weighted by Crippen LogP contribution is 2.09. The van der Waals surface area contributed by atoms with E-state index in [4.69, 9.17) is 4.74 Å². The van der Waals surface area contributed by atoms with Crippen molar-refractivity contribution < 1.29 is 9.53 Å². The largest absolute Gasteiger partial charge is 0.463 e. The van der Waals surface area contributed by atoms with E-state index in [1.807, 2.05) is 13.8 Å². The van der Waals surface area contributed by atoms with Crippen LogP contribution in [0.3, 0.4) is 0 Å². The molecular formula is C22H38O2. The van der Waals surface area contributed by atoms with Crippen molar-refractivity contribution in [3.63, 3.8) is 0 Å². The Labute approximate surface area is 150 Å². The maximum Gasteiger partial charge on any atom is 0.306 e. The first-order valence-corrected chi connectivity index (χ1v) is 9.85. The Balaban J connectivity index is 3.34. The summed E-state index contributed by atoms with van der Waals surface area (Å²) in [6.07, 6.45) is 25.1. The van der Waals surface area contributed by atoms with Crippen molar-refractivity contribution in [2.45, 2.75) is 97.5 Å². The molecule has 1 unspecified atom stereocenters. The van der Waals surface area contributed by atoms with Crippen molar-refractivity contribution in [1.29, 1.82) is 0 Å². The fraction of sp³-hybridized carbons (Fsp3) is 0.682. The molecule has 0 aliphatic heterocycles. The Morgan fingerprint density at radius 2 is 1.42 bits per heavy atom. The molecule has 0 bridgehead atoms. The second-order valence-electron chi connectivity index (χ2n) is 6.31. The van der Waals surface area contributed by atoms with Crippen LogP contribution in [0.5, 0.6) is 0 Å². The Bertz CT molecular complexity index is 366. The lowest BCUT2D eigenvalue weighted by atomic mass is 10.1. The second-order valence-corrected chi connectivity index (χ2v) is 6.31. The molecule has 0 saturated carbocycles. The summed E-state index contributed by atoms with van der Waals surface area (Å²) in [6, 6.07) is 0. The van der Waals surface area contributed by atoms with Crippen molar-refractivity contribution in [2.75, 3.05) is 0 Å². The third kappa shape index (κ3) is 17.1. The smallest absolute Gasteiger partial charge is 0.306 e. The van der Waals surface area contributed by atoms with Gasteiger partial charge in [0.05, 0.1) is 6.10 Å². The number of allylic oxidation sites excluding steroid dienone is 6. The zero-order valence-corrected chi connectivity index (χ0v) is 16.1. The van der Waals surface area contributed by atoms with Crippen LogP contribution in [-0.4, -0.2) is 12.1 Å². The minimum atomic E-state index is -0.0366. The van der Waals surface area contributed by atoms with Crippen LogP contribution < -0.4 is 0 Å². The molecule has 0 N–H and O–H groups in total. The molecule has 138 valence electrons. The Kier molecular flexibility index (Phi) is 17.1. The van der Waals surface area contributed by atoms with Crippen LogP contribution in [0.15, 0.2) is 36.5 Å². The monoisotopic (exact) mass is 334 g/mol. The quantitative estimate of drug-likeness (QED) is 0.185. The number of esters is 1. The predicted octanol–water partition coefficient (Wildman–Crippen LogP) is 6.92. The summed E-state index contributed by atoms with van der Waals surface area (Å²) >= 11 is 0. The number of ether oxygens (including phenoxy) is 1. The van der Waals surface area contributed by atoms with Crippen LogP contribution in [0.1, 0.15) is 91.4 Å². The maximum absolute atomic E-state index is 11.5. The van der Waals surface area contributed by atoms with Gasteiger partial charge in [0.25, 0.3) is 0 Å². The molecule has 0 rings (SSSR count). The molecule has 1 atom stereocenters. The van der Waals surface area contributed by atoms with Gasteiger partial charge in [-0.3, -0.25) is 4.79 Å². The average molecular weight is 335 g/mol. The van der Waals surface area contributed by atoms with Gasteiger partial charge in [-0.05, 0) is 51.9 Å². The van der Waals surface area contributed by atoms with Crippen LogP contribution >= 0.6 is 0 Å². The van der Waals surface area contributed by atoms with Gasteiger partial charge in [0.15, 0.2) is 0 Å². The molecule has 2 heteroatoms. The Hall–Kier alpha value is -1.31. The van der Waals surface area contributed by atoms with Crippen LogP contribution in [0.4, 0.5) is 0 Å². The first kappa shape index (κ1) is 22.7. The summed E-state index contributed by atoms with van der Waals surface area (Å²) in [4.78, 5) is 11.5. The number of hydrogen-bond donors (Lipinski definition) is 0. The molecule has 24 heavy (non-hydrogen) atoms. The van der Waals surface area contributed by atoms with Gasteiger partial charge in [-0.15, -0.1) is 0 Å². The first-order chi connectivity index (χ1) is 11.7. The molecule has 0 amide bonds. The standard InChI is InChI=1S/C22H38O2/c1-4-6-7-8-9-10-11-12-13-14-15-16-17-18-19-20-22(23)24-21(3)5-2/h6-7,9-10,12-13,21H,4-5,8,11,14-20H2,1-3H3/b7-6-,10-9-,13-12-. The van der Waals surface area contributed by atoms with Gasteiger partial charge in [0, 0.05) is 6.42 Å². The van der Waals surface area contributed by atoms with Crippen LogP contribution in [0.25, 0.3) is 0 Å². The van der Waals surface area contributed by atoms with Crippen LogP contribution in [-0.2, 0) is 9.53 Å². The van der Waals surface area contributed by atoms with E-state index in [0.29, 0.717) is 6.42 Å². The van der Waals surface area contributed by atoms with Crippen molar-refractivity contribution >= 4 is 5.97 Å². The minimum Gasteiger partial charge on any atom is -0.463 e. The van der Waals surface area contributed by atoms with Crippen molar-refractivity contribution in [3.05, 3.63) is 36.5 Å². The van der Waals surface area contributed by atoms with Gasteiger partial charge in [0.2, 0.25) is 0 Å². The molecule has 0 fully saturated rings. The molecule has 0 aliphatic rings. The molecule has 0 spiro atoms. The molecule has 0 aromatic heterocycles. The van der Waals surface area contributed by atoms with Crippen LogP contribution in [0.2, 0.25) is 0 Å². The van der Waals surface area contributed by atoms with Gasteiger partial charge in [-0.25, -0.2) is 0 Å². The van der Waals surface area contributed by atoms with E-state index in [1.165, 1.54) is 25.7 Å². The van der Waals surface area contributed by atoms with E-state index < -0.39 is 0 Å². The van der Waals surface area contributed by atoms with Crippen molar-refractivity contribution in [3.8, 4) is 0 Å². The maximum atomic E-state index is 11.5. The van der Waals surface area contributed by atoms with Gasteiger partial charge < -0.3 is 4.74 Å². The lowest BCUT2D eigenvalue weighted by Gasteiger charge is -2.10. The number of carbonyl (C=O) groups excluding carboxylic acids is 1. The van der Waals surface area contributed by atoms with E-state index >= 15 is 0 Å². The highest BCUT2D eigenvalue weighted by atomic mass is 16.5. The van der Waals surface area contributed by atoms with Gasteiger partial charge in [-0.1, -0.05) is 69.6 Å². The predicted molar refractivity (Wildman–Crippen MR) is 105 cm³/mol. The third-order valence-electron chi connectivity index (χ3n) is 3.94. The number of rotatable bonds is 15. The first-order valence-electron chi connectivity index (χ1n) is 9.85. The average Bonchev–Trinajstić information content (AvgIpc) is 2.58. The van der Waals surface area contributed by atoms with Gasteiger partial charge in [-0.2, -0.15) is 0 Å². The number of hydrogen-bond acceptors (Lipinski definition) is 2. The Morgan fingerprint density at radius 3 is 2.08 bits per heavy atom. The zero-order valence-electron chi connectivity index (χ0n) is 16.1. The fourth-order valence-electron chi connectivity index (χ4n) is 2.26. The zero-order chi connectivity index (χ0) is 17.9. The molecule has 0 aromatic carbocycles. The van der Waals surface area contributed by atoms with Gasteiger partial charge in [0.1, 0.15) is 0 Å². The summed E-state index contributed by atoms with van der Waals surface area (Å²) in [7, 11) is 0. The molecular weight excluding hydrogens is 296 g/mol. The number of carbonyl (C=O) groups is 1. The molecule has 0 aromatic rings. The highest BCUT2D eigenvalue weighted by molar-refractivity contribution is 5.69. The van der Waals surface area contributed by atoms with E-state index in [2.05, 4.69) is 43.4 Å². The second kappa shape index (κ2) is 18.0. The van der Waals surface area contributed by atoms with E-state index in [1.54, 1.807) is 0 Å². The van der Waals surface area contributed by atoms with Crippen LogP contribution in [0, 0.1) is 0 Å². The van der Waals surface area contributed by atoms with E-state index in [9.17, 15) is 4.79 Å². The fourth-order valence-corrected chi connectivity index (χ4v) is 2.26. The summed E-state index contributed by atoms with van der Waals surface area (Å²) < 4.78 is 5.26. The summed E-state index contributed by atoms with van der Waals surface area (Å²) in [5.74, 6) is -0.0366. The summed E-state index contributed by atoms with van der Waals surface area (Å²) in [5, 5.41) is 0. The third-order valence-corrected chi connectivity index (χ3v) is 3.94. The van der Waals surface area contributed by atoms with E-state index in [0.717, 1.165) is 38.5 Å². The van der Waals surface area contributed by atoms with Crippen molar-refractivity contribution in [2.24, 2.45) is 0 Å². The molecule has 0 saturated heterocycles. The van der Waals surface area contributed by atoms with Crippen molar-refractivity contribution in [1.82, 2.24) is 0 Å². The van der Waals surface area contributed by atoms with Gasteiger partial charge >= 0.3 is 5.97 Å². The topological polar surface area (TPSA) is 26.3 Å². The molecule has 0 heterocycles. The summed E-state index contributed by atoms with van der Waals surface area (Å²) in [6.45, 7) is 6.14. The number of unbranched alkanes of at least 4 members (excludes halogenated alkanes) is 5. The minimum absolute atomic E-state index is 0.0366. The Morgan fingerprint density at radius 1 is 0.833 bits per heavy atom. The van der Waals surface area contributed by atoms with E-state index in [-0.39, 0.29) is 12.1 Å². The SMILES string of the molecule is CC/C=C\C/C=C\C/C=C\CCCCCCCC(=O)OC(C)CC. The molecule has 0 aliphatic carbocycles. The highest BCUT2D eigenvalue weighted by Gasteiger charge is 2.06. The summed E-state index contributed by atoms with van der Waals surface area (Å²) in [5.41, 5.74) is 0. The molecule has 0 radical (unpaired) electrons.